The Morgan fingerprint density at radius 1 is 1.00 bits per heavy atom. The number of halogens is 3. The summed E-state index contributed by atoms with van der Waals surface area (Å²) in [7, 11) is -2.02. The second-order valence-electron chi connectivity index (χ2n) is 11.1. The predicted molar refractivity (Wildman–Crippen MR) is 165 cm³/mol. The lowest BCUT2D eigenvalue weighted by atomic mass is 9.89. The Morgan fingerprint density at radius 2 is 1.71 bits per heavy atom. The number of rotatable bonds is 6. The van der Waals surface area contributed by atoms with E-state index in [1.807, 2.05) is 6.20 Å². The molecule has 0 bridgehead atoms. The van der Waals surface area contributed by atoms with Gasteiger partial charge >= 0.3 is 0 Å². The third-order valence-corrected chi connectivity index (χ3v) is 10.8. The minimum Gasteiger partial charge on any atom is -0.383 e. The van der Waals surface area contributed by atoms with E-state index in [4.69, 9.17) is 28.9 Å². The predicted octanol–water partition coefficient (Wildman–Crippen LogP) is 5.66. The highest BCUT2D eigenvalue weighted by Crippen LogP contribution is 2.40. The van der Waals surface area contributed by atoms with Crippen molar-refractivity contribution in [1.29, 1.82) is 0 Å². The molecular formula is C29H32Cl2FN7O2S. The van der Waals surface area contributed by atoms with Gasteiger partial charge in [0.2, 0.25) is 0 Å². The van der Waals surface area contributed by atoms with Gasteiger partial charge in [0.05, 0.1) is 21.1 Å². The van der Waals surface area contributed by atoms with Crippen LogP contribution in [-0.2, 0) is 10.0 Å². The Morgan fingerprint density at radius 3 is 2.43 bits per heavy atom. The summed E-state index contributed by atoms with van der Waals surface area (Å²) in [6.45, 7) is 4.42. The Hall–Kier alpha value is -2.96. The second kappa shape index (κ2) is 11.6. The van der Waals surface area contributed by atoms with Gasteiger partial charge in [-0.05, 0) is 62.6 Å². The molecule has 6 rings (SSSR count). The molecule has 0 spiro atoms. The molecule has 3 N–H and O–H groups in total. The largest absolute Gasteiger partial charge is 0.383 e. The molecule has 222 valence electrons. The fourth-order valence-electron chi connectivity index (χ4n) is 6.15. The smallest absolute Gasteiger partial charge is 0.263 e. The molecule has 0 atom stereocenters. The third-order valence-electron chi connectivity index (χ3n) is 8.48. The summed E-state index contributed by atoms with van der Waals surface area (Å²) in [5.74, 6) is -0.445. The highest BCUT2D eigenvalue weighted by molar-refractivity contribution is 7.92. The van der Waals surface area contributed by atoms with Crippen LogP contribution < -0.4 is 10.5 Å². The van der Waals surface area contributed by atoms with E-state index in [2.05, 4.69) is 36.1 Å². The van der Waals surface area contributed by atoms with Crippen LogP contribution in [0.5, 0.6) is 0 Å². The fraction of sp³-hybridized carbons (Fsp3) is 0.379. The van der Waals surface area contributed by atoms with Crippen LogP contribution in [0.2, 0.25) is 10.0 Å². The summed E-state index contributed by atoms with van der Waals surface area (Å²) in [5, 5.41) is 0.598. The van der Waals surface area contributed by atoms with Crippen LogP contribution in [0.25, 0.3) is 22.2 Å². The molecule has 2 aromatic heterocycles. The molecule has 42 heavy (non-hydrogen) atoms. The molecule has 1 saturated carbocycles. The lowest BCUT2D eigenvalue weighted by Gasteiger charge is -2.41. The van der Waals surface area contributed by atoms with Gasteiger partial charge in [-0.25, -0.2) is 22.8 Å². The minimum absolute atomic E-state index is 0.0828. The van der Waals surface area contributed by atoms with Crippen molar-refractivity contribution in [1.82, 2.24) is 24.3 Å². The zero-order valence-corrected chi connectivity index (χ0v) is 25.4. The number of nitrogens with one attached hydrogen (secondary N) is 1. The van der Waals surface area contributed by atoms with Crippen molar-refractivity contribution < 1.29 is 12.8 Å². The van der Waals surface area contributed by atoms with Crippen LogP contribution in [0.1, 0.15) is 31.7 Å². The molecule has 2 aromatic carbocycles. The van der Waals surface area contributed by atoms with Crippen LogP contribution in [0.3, 0.4) is 0 Å². The number of piperazine rings is 1. The Labute approximate surface area is 254 Å². The molecule has 9 nitrogen and oxygen atoms in total. The Balaban J connectivity index is 1.27. The Kier molecular flexibility index (Phi) is 8.05. The number of nitrogens with zero attached hydrogens (tertiary/aromatic N) is 5. The van der Waals surface area contributed by atoms with E-state index >= 15 is 4.39 Å². The minimum atomic E-state index is -4.19. The number of anilines is 2. The van der Waals surface area contributed by atoms with Gasteiger partial charge in [0, 0.05) is 50.0 Å². The SMILES string of the molecule is CN1CCN(C2CCC(n3cc(-c4ccc(NS(=O)(=O)c5cccc(Cl)c5Cl)c(F)c4)c4c(N)ncnc43)CC2)CC1. The van der Waals surface area contributed by atoms with Gasteiger partial charge in [0.1, 0.15) is 28.5 Å². The first-order valence-corrected chi connectivity index (χ1v) is 16.2. The summed E-state index contributed by atoms with van der Waals surface area (Å²) < 4.78 is 45.7. The average Bonchev–Trinajstić information content (AvgIpc) is 3.37. The summed E-state index contributed by atoms with van der Waals surface area (Å²) in [6.07, 6.45) is 7.64. The maximum absolute atomic E-state index is 15.4. The van der Waals surface area contributed by atoms with E-state index in [1.54, 1.807) is 6.07 Å². The van der Waals surface area contributed by atoms with E-state index < -0.39 is 15.8 Å². The number of fused-ring (bicyclic) bond motifs is 1. The maximum atomic E-state index is 15.4. The number of sulfonamides is 1. The number of benzene rings is 2. The van der Waals surface area contributed by atoms with E-state index in [9.17, 15) is 8.42 Å². The van der Waals surface area contributed by atoms with Crippen LogP contribution >= 0.6 is 23.2 Å². The highest BCUT2D eigenvalue weighted by Gasteiger charge is 2.30. The lowest BCUT2D eigenvalue weighted by Crippen LogP contribution is -2.49. The topological polar surface area (TPSA) is 109 Å². The summed E-state index contributed by atoms with van der Waals surface area (Å²) >= 11 is 12.1. The van der Waals surface area contributed by atoms with Crippen molar-refractivity contribution in [2.75, 3.05) is 43.7 Å². The molecule has 3 heterocycles. The van der Waals surface area contributed by atoms with Crippen molar-refractivity contribution in [3.8, 4) is 11.1 Å². The molecule has 2 aliphatic rings. The highest BCUT2D eigenvalue weighted by atomic mass is 35.5. The maximum Gasteiger partial charge on any atom is 0.263 e. The van der Waals surface area contributed by atoms with Crippen molar-refractivity contribution in [2.45, 2.75) is 42.7 Å². The van der Waals surface area contributed by atoms with Crippen molar-refractivity contribution in [2.24, 2.45) is 0 Å². The number of likely N-dealkylation sites (N-methyl/N-ethyl adjacent to an activating group) is 1. The van der Waals surface area contributed by atoms with Crippen LogP contribution in [0, 0.1) is 5.82 Å². The average molecular weight is 633 g/mol. The molecule has 13 heteroatoms. The summed E-state index contributed by atoms with van der Waals surface area (Å²) in [5.41, 5.74) is 8.04. The van der Waals surface area contributed by atoms with Crippen LogP contribution in [-0.4, -0.2) is 72.0 Å². The van der Waals surface area contributed by atoms with E-state index in [0.717, 1.165) is 51.9 Å². The number of hydrogen-bond donors (Lipinski definition) is 2. The van der Waals surface area contributed by atoms with E-state index in [1.165, 1.54) is 36.7 Å². The first-order chi connectivity index (χ1) is 20.1. The van der Waals surface area contributed by atoms with Gasteiger partial charge in [-0.3, -0.25) is 9.62 Å². The van der Waals surface area contributed by atoms with Crippen LogP contribution in [0.15, 0.2) is 53.8 Å². The van der Waals surface area contributed by atoms with Crippen molar-refractivity contribution >= 4 is 55.8 Å². The normalized spacial score (nSPS) is 20.7. The Bertz CT molecular complexity index is 1730. The molecule has 4 aromatic rings. The lowest BCUT2D eigenvalue weighted by molar-refractivity contribution is 0.0828. The number of nitrogens with two attached hydrogens (primary N) is 1. The monoisotopic (exact) mass is 631 g/mol. The zero-order valence-electron chi connectivity index (χ0n) is 23.1. The van der Waals surface area contributed by atoms with Gasteiger partial charge in [0.15, 0.2) is 0 Å². The standard InChI is InChI=1S/C29H32Cl2FN7O2S/c1-37-11-13-38(14-12-37)19-6-8-20(9-7-19)39-16-21(26-28(33)34-17-35-29(26)39)18-5-10-24(23(32)15-18)36-42(40,41)25-4-2-3-22(30)27(25)31/h2-5,10,15-17,19-20,36H,6-9,11-14H2,1H3,(H2,33,34,35). The number of nitrogen functional groups attached to an aromatic ring is 1. The van der Waals surface area contributed by atoms with Crippen molar-refractivity contribution in [3.05, 3.63) is 64.8 Å². The van der Waals surface area contributed by atoms with Crippen LogP contribution in [0.4, 0.5) is 15.9 Å². The molecule has 2 fully saturated rings. The molecule has 0 amide bonds. The van der Waals surface area contributed by atoms with E-state index in [0.29, 0.717) is 34.0 Å². The summed E-state index contributed by atoms with van der Waals surface area (Å²) in [4.78, 5) is 13.5. The van der Waals surface area contributed by atoms with Gasteiger partial charge in [0.25, 0.3) is 10.0 Å². The number of aromatic nitrogens is 3. The molecule has 1 aliphatic carbocycles. The number of hydrogen-bond acceptors (Lipinski definition) is 7. The fourth-order valence-corrected chi connectivity index (χ4v) is 7.98. The zero-order chi connectivity index (χ0) is 29.6. The van der Waals surface area contributed by atoms with Crippen molar-refractivity contribution in [3.63, 3.8) is 0 Å². The summed E-state index contributed by atoms with van der Waals surface area (Å²) in [6, 6.07) is 9.38. The molecule has 0 radical (unpaired) electrons. The molecule has 1 aliphatic heterocycles. The van der Waals surface area contributed by atoms with Gasteiger partial charge in [-0.2, -0.15) is 0 Å². The molecular weight excluding hydrogens is 600 g/mol. The first kappa shape index (κ1) is 29.1. The van der Waals surface area contributed by atoms with Gasteiger partial charge in [-0.1, -0.05) is 35.3 Å². The molecule has 0 unspecified atom stereocenters. The van der Waals surface area contributed by atoms with Gasteiger partial charge in [-0.15, -0.1) is 0 Å². The molecule has 1 saturated heterocycles. The first-order valence-electron chi connectivity index (χ1n) is 13.9. The third kappa shape index (κ3) is 5.56. The van der Waals surface area contributed by atoms with E-state index in [-0.39, 0.29) is 26.7 Å². The second-order valence-corrected chi connectivity index (χ2v) is 13.5. The van der Waals surface area contributed by atoms with Gasteiger partial charge < -0.3 is 15.2 Å². The quantitative estimate of drug-likeness (QED) is 0.283.